The van der Waals surface area contributed by atoms with Crippen LogP contribution in [0.15, 0.2) is 6.20 Å². The number of hydrogen-bond donors (Lipinski definition) is 0. The van der Waals surface area contributed by atoms with E-state index in [0.717, 1.165) is 11.3 Å². The summed E-state index contributed by atoms with van der Waals surface area (Å²) in [5, 5.41) is -0.0651. The highest BCUT2D eigenvalue weighted by Crippen LogP contribution is 2.25. The number of halogens is 1. The van der Waals surface area contributed by atoms with Gasteiger partial charge >= 0.3 is 0 Å². The zero-order valence-corrected chi connectivity index (χ0v) is 10.6. The van der Waals surface area contributed by atoms with Gasteiger partial charge in [-0.3, -0.25) is 0 Å². The predicted octanol–water partition coefficient (Wildman–Crippen LogP) is 2.97. The van der Waals surface area contributed by atoms with Crippen LogP contribution in [-0.4, -0.2) is 17.1 Å². The minimum Gasteiger partial charge on any atom is -0.371 e. The minimum atomic E-state index is -0.459. The van der Waals surface area contributed by atoms with E-state index in [4.69, 9.17) is 16.3 Å². The average molecular weight is 229 g/mol. The molecule has 0 spiro atoms. The third-order valence-corrected chi connectivity index (χ3v) is 2.73. The maximum absolute atomic E-state index is 6.00. The fourth-order valence-corrected chi connectivity index (χ4v) is 1.46. The lowest BCUT2D eigenvalue weighted by atomic mass is 10.1. The molecule has 0 saturated carbocycles. The van der Waals surface area contributed by atoms with Crippen LogP contribution in [0, 0.1) is 6.92 Å². The van der Waals surface area contributed by atoms with E-state index in [9.17, 15) is 0 Å². The van der Waals surface area contributed by atoms with Crippen molar-refractivity contribution in [3.8, 4) is 0 Å². The summed E-state index contributed by atoms with van der Waals surface area (Å²) >= 11 is 6.00. The van der Waals surface area contributed by atoms with Crippen molar-refractivity contribution in [2.24, 2.45) is 0 Å². The molecule has 0 N–H and O–H groups in total. The summed E-state index contributed by atoms with van der Waals surface area (Å²) in [5.41, 5.74) is 1.42. The summed E-state index contributed by atoms with van der Waals surface area (Å²) in [5.74, 6) is 0.684. The Morgan fingerprint density at radius 1 is 1.47 bits per heavy atom. The van der Waals surface area contributed by atoms with Crippen molar-refractivity contribution in [1.82, 2.24) is 9.97 Å². The highest BCUT2D eigenvalue weighted by molar-refractivity contribution is 6.20. The molecule has 1 aromatic heterocycles. The van der Waals surface area contributed by atoms with Crippen molar-refractivity contribution >= 4 is 11.6 Å². The lowest BCUT2D eigenvalue weighted by molar-refractivity contribution is 0.0113. The van der Waals surface area contributed by atoms with E-state index in [-0.39, 0.29) is 5.38 Å². The molecule has 0 radical (unpaired) electrons. The lowest BCUT2D eigenvalue weighted by Crippen LogP contribution is -2.23. The van der Waals surface area contributed by atoms with Crippen molar-refractivity contribution < 1.29 is 4.74 Å². The minimum absolute atomic E-state index is 0.0651. The molecule has 0 aliphatic carbocycles. The number of aromatic nitrogens is 2. The van der Waals surface area contributed by atoms with Gasteiger partial charge in [-0.25, -0.2) is 9.97 Å². The van der Waals surface area contributed by atoms with Crippen LogP contribution in [0.25, 0.3) is 0 Å². The van der Waals surface area contributed by atoms with Gasteiger partial charge in [0.25, 0.3) is 0 Å². The topological polar surface area (TPSA) is 35.0 Å². The van der Waals surface area contributed by atoms with Gasteiger partial charge in [-0.15, -0.1) is 11.6 Å². The Morgan fingerprint density at radius 3 is 2.47 bits per heavy atom. The molecule has 1 atom stereocenters. The second-order valence-corrected chi connectivity index (χ2v) is 4.72. The fourth-order valence-electron chi connectivity index (χ4n) is 1.25. The zero-order valence-electron chi connectivity index (χ0n) is 9.84. The van der Waals surface area contributed by atoms with Gasteiger partial charge in [0.15, 0.2) is 5.82 Å². The Morgan fingerprint density at radius 2 is 2.07 bits per heavy atom. The monoisotopic (exact) mass is 228 g/mol. The van der Waals surface area contributed by atoms with Crippen LogP contribution in [0.2, 0.25) is 0 Å². The SMILES string of the molecule is COC(C)(C)c1ncc(C(C)Cl)c(C)n1. The van der Waals surface area contributed by atoms with Crippen molar-refractivity contribution in [3.05, 3.63) is 23.3 Å². The first-order valence-electron chi connectivity index (χ1n) is 4.91. The van der Waals surface area contributed by atoms with Gasteiger partial charge < -0.3 is 4.74 Å². The number of aryl methyl sites for hydroxylation is 1. The number of nitrogens with zero attached hydrogens (tertiary/aromatic N) is 2. The highest BCUT2D eigenvalue weighted by atomic mass is 35.5. The quantitative estimate of drug-likeness (QED) is 0.747. The van der Waals surface area contributed by atoms with Gasteiger partial charge in [0.05, 0.1) is 5.38 Å². The van der Waals surface area contributed by atoms with Gasteiger partial charge in [-0.05, 0) is 27.7 Å². The van der Waals surface area contributed by atoms with Crippen LogP contribution in [0.1, 0.15) is 43.2 Å². The van der Waals surface area contributed by atoms with Crippen LogP contribution in [0.3, 0.4) is 0 Å². The number of rotatable bonds is 3. The smallest absolute Gasteiger partial charge is 0.159 e. The van der Waals surface area contributed by atoms with Crippen LogP contribution in [-0.2, 0) is 10.3 Å². The molecule has 3 nitrogen and oxygen atoms in total. The third-order valence-electron chi connectivity index (χ3n) is 2.49. The molecule has 1 aromatic rings. The van der Waals surface area contributed by atoms with Crippen LogP contribution >= 0.6 is 11.6 Å². The van der Waals surface area contributed by atoms with Gasteiger partial charge in [0, 0.05) is 24.6 Å². The molecule has 0 aromatic carbocycles. The molecule has 0 aliphatic heterocycles. The molecule has 84 valence electrons. The molecule has 1 heterocycles. The van der Waals surface area contributed by atoms with Crippen LogP contribution < -0.4 is 0 Å². The highest BCUT2D eigenvalue weighted by Gasteiger charge is 2.23. The molecule has 1 unspecified atom stereocenters. The maximum Gasteiger partial charge on any atom is 0.159 e. The number of alkyl halides is 1. The van der Waals surface area contributed by atoms with E-state index in [1.807, 2.05) is 27.7 Å². The Balaban J connectivity index is 3.12. The molecule has 4 heteroatoms. The van der Waals surface area contributed by atoms with Gasteiger partial charge in [-0.1, -0.05) is 0 Å². The van der Waals surface area contributed by atoms with E-state index in [1.54, 1.807) is 13.3 Å². The maximum atomic E-state index is 6.00. The summed E-state index contributed by atoms with van der Waals surface area (Å²) < 4.78 is 5.32. The third kappa shape index (κ3) is 2.67. The lowest BCUT2D eigenvalue weighted by Gasteiger charge is -2.22. The van der Waals surface area contributed by atoms with Gasteiger partial charge in [0.1, 0.15) is 5.60 Å². The molecular formula is C11H17ClN2O. The second kappa shape index (κ2) is 4.45. The van der Waals surface area contributed by atoms with Crippen molar-refractivity contribution in [3.63, 3.8) is 0 Å². The molecule has 0 aliphatic rings. The molecule has 15 heavy (non-hydrogen) atoms. The predicted molar refractivity (Wildman–Crippen MR) is 61.1 cm³/mol. The van der Waals surface area contributed by atoms with E-state index < -0.39 is 5.60 Å². The number of hydrogen-bond acceptors (Lipinski definition) is 3. The van der Waals surface area contributed by atoms with E-state index >= 15 is 0 Å². The molecular weight excluding hydrogens is 212 g/mol. The van der Waals surface area contributed by atoms with Gasteiger partial charge in [-0.2, -0.15) is 0 Å². The second-order valence-electron chi connectivity index (χ2n) is 4.06. The molecule has 0 bridgehead atoms. The van der Waals surface area contributed by atoms with E-state index in [0.29, 0.717) is 5.82 Å². The zero-order chi connectivity index (χ0) is 11.6. The fraction of sp³-hybridized carbons (Fsp3) is 0.636. The number of methoxy groups -OCH3 is 1. The molecule has 0 saturated heterocycles. The summed E-state index contributed by atoms with van der Waals surface area (Å²) in [4.78, 5) is 8.70. The Bertz CT molecular complexity index is 350. The first kappa shape index (κ1) is 12.4. The standard InChI is InChI=1S/C11H17ClN2O/c1-7(12)9-6-13-10(14-8(9)2)11(3,4)15-5/h6-7H,1-5H3. The van der Waals surface area contributed by atoms with E-state index in [1.165, 1.54) is 0 Å². The Hall–Kier alpha value is -0.670. The summed E-state index contributed by atoms with van der Waals surface area (Å²) in [6.45, 7) is 7.72. The van der Waals surface area contributed by atoms with Crippen molar-refractivity contribution in [2.75, 3.05) is 7.11 Å². The van der Waals surface area contributed by atoms with Crippen LogP contribution in [0.4, 0.5) is 0 Å². The van der Waals surface area contributed by atoms with Gasteiger partial charge in [0.2, 0.25) is 0 Å². The Kier molecular flexibility index (Phi) is 3.68. The number of ether oxygens (including phenoxy) is 1. The molecule has 0 amide bonds. The summed E-state index contributed by atoms with van der Waals surface area (Å²) in [7, 11) is 1.65. The summed E-state index contributed by atoms with van der Waals surface area (Å²) in [6, 6.07) is 0. The first-order chi connectivity index (χ1) is 6.88. The van der Waals surface area contributed by atoms with Crippen molar-refractivity contribution in [2.45, 2.75) is 38.7 Å². The van der Waals surface area contributed by atoms with Crippen LogP contribution in [0.5, 0.6) is 0 Å². The summed E-state index contributed by atoms with van der Waals surface area (Å²) in [6.07, 6.45) is 1.77. The van der Waals surface area contributed by atoms with Crippen molar-refractivity contribution in [1.29, 1.82) is 0 Å². The normalized spacial score (nSPS) is 14.0. The first-order valence-corrected chi connectivity index (χ1v) is 5.35. The largest absolute Gasteiger partial charge is 0.371 e. The van der Waals surface area contributed by atoms with E-state index in [2.05, 4.69) is 9.97 Å². The average Bonchev–Trinajstić information content (AvgIpc) is 2.17. The molecule has 0 fully saturated rings. The Labute approximate surface area is 95.8 Å². The molecule has 1 rings (SSSR count).